The second-order valence-corrected chi connectivity index (χ2v) is 4.24. The summed E-state index contributed by atoms with van der Waals surface area (Å²) in [4.78, 5) is 9.74. The Bertz CT molecular complexity index is 752. The first-order valence-corrected chi connectivity index (χ1v) is 5.77. The van der Waals surface area contributed by atoms with Crippen LogP contribution in [0.15, 0.2) is 30.3 Å². The molecule has 0 unspecified atom stereocenters. The fourth-order valence-corrected chi connectivity index (χ4v) is 1.65. The Balaban J connectivity index is 2.50. The fourth-order valence-electron chi connectivity index (χ4n) is 1.65. The Kier molecular flexibility index (Phi) is 4.17. The molecule has 0 saturated carbocycles. The van der Waals surface area contributed by atoms with Crippen LogP contribution in [0.25, 0.3) is 0 Å². The van der Waals surface area contributed by atoms with Gasteiger partial charge in [-0.05, 0) is 18.2 Å². The summed E-state index contributed by atoms with van der Waals surface area (Å²) in [5.41, 5.74) is -2.42. The Hall–Kier alpha value is -2.78. The van der Waals surface area contributed by atoms with Crippen molar-refractivity contribution in [1.82, 2.24) is 0 Å². The van der Waals surface area contributed by atoms with E-state index in [4.69, 9.17) is 0 Å². The van der Waals surface area contributed by atoms with E-state index < -0.39 is 51.3 Å². The zero-order valence-electron chi connectivity index (χ0n) is 10.8. The lowest BCUT2D eigenvalue weighted by Crippen LogP contribution is -2.07. The zero-order valence-corrected chi connectivity index (χ0v) is 10.8. The van der Waals surface area contributed by atoms with Crippen molar-refractivity contribution in [2.75, 3.05) is 0 Å². The third kappa shape index (κ3) is 3.52. The number of hydrogen-bond acceptors (Lipinski definition) is 3. The predicted octanol–water partition coefficient (Wildman–Crippen LogP) is 4.82. The van der Waals surface area contributed by atoms with Crippen LogP contribution >= 0.6 is 0 Å². The minimum atomic E-state index is -4.99. The van der Waals surface area contributed by atoms with Crippen LogP contribution in [0.4, 0.5) is 32.0 Å². The van der Waals surface area contributed by atoms with Crippen molar-refractivity contribution >= 4 is 5.69 Å². The highest BCUT2D eigenvalue weighted by Crippen LogP contribution is 2.38. The molecule has 0 fully saturated rings. The molecule has 0 amide bonds. The molecule has 23 heavy (non-hydrogen) atoms. The van der Waals surface area contributed by atoms with Crippen molar-refractivity contribution in [3.05, 3.63) is 63.5 Å². The Morgan fingerprint density at radius 1 is 1.00 bits per heavy atom. The van der Waals surface area contributed by atoms with Gasteiger partial charge in [0.25, 0.3) is 0 Å². The highest BCUT2D eigenvalue weighted by atomic mass is 19.4. The maximum atomic E-state index is 13.6. The topological polar surface area (TPSA) is 52.4 Å². The van der Waals surface area contributed by atoms with Gasteiger partial charge in [0.2, 0.25) is 5.75 Å². The van der Waals surface area contributed by atoms with E-state index in [1.54, 1.807) is 0 Å². The van der Waals surface area contributed by atoms with Gasteiger partial charge in [-0.3, -0.25) is 10.1 Å². The molecule has 4 nitrogen and oxygen atoms in total. The summed E-state index contributed by atoms with van der Waals surface area (Å²) in [6, 6.07) is 1.80. The van der Waals surface area contributed by atoms with Crippen molar-refractivity contribution in [3.8, 4) is 11.5 Å². The molecule has 0 radical (unpaired) electrons. The molecule has 2 aromatic rings. The molecule has 0 aliphatic rings. The minimum absolute atomic E-state index is 0.0382. The van der Waals surface area contributed by atoms with E-state index in [1.807, 2.05) is 0 Å². The number of nitrogens with zero attached hydrogens (tertiary/aromatic N) is 1. The van der Waals surface area contributed by atoms with Crippen LogP contribution in [0, 0.1) is 27.6 Å². The molecule has 0 saturated heterocycles. The van der Waals surface area contributed by atoms with Crippen molar-refractivity contribution in [1.29, 1.82) is 0 Å². The van der Waals surface area contributed by atoms with Gasteiger partial charge in [0.15, 0.2) is 17.4 Å². The standard InChI is InChI=1S/C13H5F6NO3/c14-7-1-2-10(20(21)22)11(5-7)23-12-8(15)3-6(4-9(12)16)13(17,18)19/h1-5H. The molecule has 0 spiro atoms. The number of hydrogen-bond donors (Lipinski definition) is 0. The molecule has 0 N–H and O–H groups in total. The highest BCUT2D eigenvalue weighted by molar-refractivity contribution is 5.49. The van der Waals surface area contributed by atoms with Gasteiger partial charge in [0.1, 0.15) is 5.82 Å². The number of rotatable bonds is 3. The van der Waals surface area contributed by atoms with E-state index in [1.165, 1.54) is 0 Å². The van der Waals surface area contributed by atoms with Gasteiger partial charge in [-0.15, -0.1) is 0 Å². The Morgan fingerprint density at radius 2 is 1.57 bits per heavy atom. The summed E-state index contributed by atoms with van der Waals surface area (Å²) in [5, 5.41) is 10.7. The first-order chi connectivity index (χ1) is 10.6. The highest BCUT2D eigenvalue weighted by Gasteiger charge is 2.33. The van der Waals surface area contributed by atoms with Crippen LogP contribution in [0.2, 0.25) is 0 Å². The Labute approximate surface area is 124 Å². The summed E-state index contributed by atoms with van der Waals surface area (Å²) in [5.74, 6) is -6.65. The molecule has 0 bridgehead atoms. The SMILES string of the molecule is O=[N+]([O-])c1ccc(F)cc1Oc1c(F)cc(C(F)(F)F)cc1F. The zero-order chi connectivity index (χ0) is 17.4. The largest absolute Gasteiger partial charge is 0.444 e. The van der Waals surface area contributed by atoms with Crippen molar-refractivity contribution in [2.24, 2.45) is 0 Å². The summed E-state index contributed by atoms with van der Waals surface area (Å²) in [7, 11) is 0. The van der Waals surface area contributed by atoms with Gasteiger partial charge in [-0.1, -0.05) is 0 Å². The lowest BCUT2D eigenvalue weighted by molar-refractivity contribution is -0.385. The van der Waals surface area contributed by atoms with Gasteiger partial charge >= 0.3 is 11.9 Å². The maximum Gasteiger partial charge on any atom is 0.416 e. The third-order valence-electron chi connectivity index (χ3n) is 2.66. The second kappa shape index (κ2) is 5.78. The van der Waals surface area contributed by atoms with E-state index >= 15 is 0 Å². The summed E-state index contributed by atoms with van der Waals surface area (Å²) >= 11 is 0. The molecule has 0 atom stereocenters. The van der Waals surface area contributed by atoms with Gasteiger partial charge in [0.05, 0.1) is 10.5 Å². The van der Waals surface area contributed by atoms with Crippen LogP contribution < -0.4 is 4.74 Å². The quantitative estimate of drug-likeness (QED) is 0.458. The van der Waals surface area contributed by atoms with Crippen LogP contribution in [0.1, 0.15) is 5.56 Å². The predicted molar refractivity (Wildman–Crippen MR) is 64.5 cm³/mol. The molecule has 2 aromatic carbocycles. The molecule has 122 valence electrons. The maximum absolute atomic E-state index is 13.6. The minimum Gasteiger partial charge on any atom is -0.444 e. The van der Waals surface area contributed by atoms with Crippen molar-refractivity contribution < 1.29 is 36.0 Å². The van der Waals surface area contributed by atoms with E-state index in [0.29, 0.717) is 18.2 Å². The van der Waals surface area contributed by atoms with Gasteiger partial charge in [0, 0.05) is 12.1 Å². The van der Waals surface area contributed by atoms with Gasteiger partial charge < -0.3 is 4.74 Å². The normalized spacial score (nSPS) is 11.4. The smallest absolute Gasteiger partial charge is 0.416 e. The summed E-state index contributed by atoms with van der Waals surface area (Å²) in [6.07, 6.45) is -4.99. The first kappa shape index (κ1) is 16.6. The van der Waals surface area contributed by atoms with E-state index in [2.05, 4.69) is 4.74 Å². The number of nitro groups is 1. The van der Waals surface area contributed by atoms with Crippen LogP contribution in [-0.2, 0) is 6.18 Å². The number of alkyl halides is 3. The monoisotopic (exact) mass is 337 g/mol. The molecular formula is C13H5F6NO3. The number of halogens is 6. The average Bonchev–Trinajstić information content (AvgIpc) is 2.41. The first-order valence-electron chi connectivity index (χ1n) is 5.77. The molecular weight excluding hydrogens is 332 g/mol. The lowest BCUT2D eigenvalue weighted by atomic mass is 10.2. The molecule has 0 aromatic heterocycles. The molecule has 2 rings (SSSR count). The number of ether oxygens (including phenoxy) is 1. The van der Waals surface area contributed by atoms with Crippen LogP contribution in [-0.4, -0.2) is 4.92 Å². The fraction of sp³-hybridized carbons (Fsp3) is 0.0769. The molecule has 0 aliphatic heterocycles. The van der Waals surface area contributed by atoms with E-state index in [9.17, 15) is 36.5 Å². The van der Waals surface area contributed by atoms with Crippen molar-refractivity contribution in [3.63, 3.8) is 0 Å². The molecule has 0 aliphatic carbocycles. The number of nitro benzene ring substituents is 1. The lowest BCUT2D eigenvalue weighted by Gasteiger charge is -2.11. The second-order valence-electron chi connectivity index (χ2n) is 4.24. The molecule has 10 heteroatoms. The van der Waals surface area contributed by atoms with Crippen LogP contribution in [0.3, 0.4) is 0 Å². The van der Waals surface area contributed by atoms with Gasteiger partial charge in [-0.2, -0.15) is 13.2 Å². The van der Waals surface area contributed by atoms with Crippen LogP contribution in [0.5, 0.6) is 11.5 Å². The number of benzene rings is 2. The summed E-state index contributed by atoms with van der Waals surface area (Å²) < 4.78 is 82.2. The van der Waals surface area contributed by atoms with E-state index in [-0.39, 0.29) is 12.1 Å². The van der Waals surface area contributed by atoms with Crippen molar-refractivity contribution in [2.45, 2.75) is 6.18 Å². The van der Waals surface area contributed by atoms with E-state index in [0.717, 1.165) is 0 Å². The molecule has 0 heterocycles. The summed E-state index contributed by atoms with van der Waals surface area (Å²) in [6.45, 7) is 0. The Morgan fingerprint density at radius 3 is 2.04 bits per heavy atom. The average molecular weight is 337 g/mol. The van der Waals surface area contributed by atoms with Gasteiger partial charge in [-0.25, -0.2) is 13.2 Å². The third-order valence-corrected chi connectivity index (χ3v) is 2.66.